The van der Waals surface area contributed by atoms with Crippen LogP contribution in [0.15, 0.2) is 35.1 Å². The lowest BCUT2D eigenvalue weighted by molar-refractivity contribution is 1.13. The van der Waals surface area contributed by atoms with Crippen molar-refractivity contribution >= 4 is 8.07 Å². The van der Waals surface area contributed by atoms with Gasteiger partial charge in [-0.25, -0.2) is 0 Å². The summed E-state index contributed by atoms with van der Waals surface area (Å²) in [4.78, 5) is 14.6. The van der Waals surface area contributed by atoms with Gasteiger partial charge in [0, 0.05) is 16.8 Å². The molecule has 1 N–H and O–H groups in total. The number of nitrogens with zero attached hydrogens (tertiary/aromatic N) is 1. The molecule has 0 saturated carbocycles. The van der Waals surface area contributed by atoms with Gasteiger partial charge in [-0.3, -0.25) is 4.79 Å². The lowest BCUT2D eigenvalue weighted by atomic mass is 9.99. The summed E-state index contributed by atoms with van der Waals surface area (Å²) in [6.45, 7) is 8.38. The molecule has 3 nitrogen and oxygen atoms in total. The topological polar surface area (TPSA) is 56.6 Å². The minimum atomic E-state index is -1.44. The molecule has 0 aliphatic heterocycles. The molecule has 1 aromatic heterocycles. The van der Waals surface area contributed by atoms with Crippen molar-refractivity contribution in [1.29, 1.82) is 5.26 Å². The number of hydrogen-bond donors (Lipinski definition) is 1. The van der Waals surface area contributed by atoms with Gasteiger partial charge in [0.1, 0.15) is 19.7 Å². The highest BCUT2D eigenvalue weighted by molar-refractivity contribution is 6.83. The summed E-state index contributed by atoms with van der Waals surface area (Å²) in [5.74, 6) is 3.20. The first-order valence-electron chi connectivity index (χ1n) is 7.08. The third-order valence-corrected chi connectivity index (χ3v) is 3.91. The fraction of sp³-hybridized carbons (Fsp3) is 0.222. The van der Waals surface area contributed by atoms with Crippen LogP contribution in [-0.2, 0) is 0 Å². The molecule has 0 aliphatic rings. The second kappa shape index (κ2) is 6.05. The van der Waals surface area contributed by atoms with E-state index in [1.54, 1.807) is 6.92 Å². The van der Waals surface area contributed by atoms with Gasteiger partial charge < -0.3 is 4.98 Å². The summed E-state index contributed by atoms with van der Waals surface area (Å²) in [6.07, 6.45) is 0. The molecule has 0 saturated heterocycles. The van der Waals surface area contributed by atoms with E-state index in [2.05, 4.69) is 36.1 Å². The lowest BCUT2D eigenvalue weighted by Crippen LogP contribution is -2.16. The summed E-state index contributed by atoms with van der Waals surface area (Å²) in [5, 5.41) is 9.24. The highest BCUT2D eigenvalue weighted by Gasteiger charge is 2.11. The molecule has 2 rings (SSSR count). The van der Waals surface area contributed by atoms with Crippen molar-refractivity contribution in [1.82, 2.24) is 4.98 Å². The van der Waals surface area contributed by atoms with Gasteiger partial charge in [-0.05, 0) is 30.7 Å². The molecule has 22 heavy (non-hydrogen) atoms. The quantitative estimate of drug-likeness (QED) is 0.648. The monoisotopic (exact) mass is 306 g/mol. The van der Waals surface area contributed by atoms with Crippen LogP contribution < -0.4 is 5.56 Å². The van der Waals surface area contributed by atoms with Gasteiger partial charge in [0.05, 0.1) is 0 Å². The van der Waals surface area contributed by atoms with Gasteiger partial charge in [0.2, 0.25) is 0 Å². The molecule has 0 bridgehead atoms. The van der Waals surface area contributed by atoms with Gasteiger partial charge in [0.15, 0.2) is 0 Å². The van der Waals surface area contributed by atoms with E-state index in [0.29, 0.717) is 5.56 Å². The van der Waals surface area contributed by atoms with Crippen LogP contribution in [-0.4, -0.2) is 13.1 Å². The molecule has 0 atom stereocenters. The number of aromatic nitrogens is 1. The van der Waals surface area contributed by atoms with Crippen LogP contribution in [0.5, 0.6) is 0 Å². The lowest BCUT2D eigenvalue weighted by Gasteiger charge is -2.06. The van der Waals surface area contributed by atoms with Crippen molar-refractivity contribution in [3.63, 3.8) is 0 Å². The fourth-order valence-electron chi connectivity index (χ4n) is 2.05. The zero-order valence-corrected chi connectivity index (χ0v) is 14.2. The minimum absolute atomic E-state index is 0.140. The first-order valence-corrected chi connectivity index (χ1v) is 10.6. The third kappa shape index (κ3) is 3.75. The summed E-state index contributed by atoms with van der Waals surface area (Å²) in [5.41, 5.74) is 6.25. The molecule has 2 aromatic rings. The van der Waals surface area contributed by atoms with Crippen LogP contribution in [0.1, 0.15) is 16.8 Å². The molecule has 0 unspecified atom stereocenters. The van der Waals surface area contributed by atoms with Crippen molar-refractivity contribution in [2.45, 2.75) is 26.6 Å². The molecule has 0 amide bonds. The third-order valence-electron chi connectivity index (χ3n) is 3.04. The maximum Gasteiger partial charge on any atom is 0.266 e. The Morgan fingerprint density at radius 3 is 2.55 bits per heavy atom. The largest absolute Gasteiger partial charge is 0.325 e. The number of benzene rings is 1. The summed E-state index contributed by atoms with van der Waals surface area (Å²) in [7, 11) is -1.44. The van der Waals surface area contributed by atoms with E-state index in [4.69, 9.17) is 0 Å². The smallest absolute Gasteiger partial charge is 0.266 e. The van der Waals surface area contributed by atoms with Gasteiger partial charge in [-0.1, -0.05) is 37.7 Å². The Morgan fingerprint density at radius 1 is 1.18 bits per heavy atom. The molecular weight excluding hydrogens is 288 g/mol. The van der Waals surface area contributed by atoms with Crippen molar-refractivity contribution in [2.24, 2.45) is 0 Å². The molecule has 1 aromatic carbocycles. The summed E-state index contributed by atoms with van der Waals surface area (Å²) >= 11 is 0. The second-order valence-electron chi connectivity index (χ2n) is 6.26. The Kier molecular flexibility index (Phi) is 4.35. The number of nitrogens with one attached hydrogen (secondary N) is 1. The van der Waals surface area contributed by atoms with Crippen molar-refractivity contribution in [3.05, 3.63) is 57.5 Å². The predicted molar refractivity (Wildman–Crippen MR) is 92.2 cm³/mol. The Labute approximate surface area is 131 Å². The number of hydrogen-bond acceptors (Lipinski definition) is 2. The Hall–Kier alpha value is -2.56. The van der Waals surface area contributed by atoms with Crippen LogP contribution in [0.4, 0.5) is 0 Å². The van der Waals surface area contributed by atoms with Crippen LogP contribution in [0.3, 0.4) is 0 Å². The molecule has 0 spiro atoms. The molecular formula is C18H18N2OSi. The maximum absolute atomic E-state index is 11.9. The molecule has 0 radical (unpaired) electrons. The van der Waals surface area contributed by atoms with Gasteiger partial charge in [-0.15, -0.1) is 5.54 Å². The summed E-state index contributed by atoms with van der Waals surface area (Å²) < 4.78 is 0. The highest BCUT2D eigenvalue weighted by atomic mass is 28.3. The Morgan fingerprint density at radius 2 is 1.91 bits per heavy atom. The number of H-pyrrole nitrogens is 1. The molecule has 110 valence electrons. The number of pyridine rings is 1. The molecule has 0 fully saturated rings. The van der Waals surface area contributed by atoms with Crippen LogP contribution >= 0.6 is 0 Å². The van der Waals surface area contributed by atoms with E-state index in [1.807, 2.05) is 36.4 Å². The standard InChI is InChI=1S/C18H18N2OSi/c1-13-10-16(17(12-19)18(21)20-13)15-7-5-6-14(11-15)8-9-22(2,3)4/h5-7,10-11H,1-4H3,(H,20,21). The minimum Gasteiger partial charge on any atom is -0.325 e. The zero-order chi connectivity index (χ0) is 16.3. The molecule has 0 aliphatic carbocycles. The first-order chi connectivity index (χ1) is 10.3. The van der Waals surface area contributed by atoms with Crippen LogP contribution in [0.2, 0.25) is 19.6 Å². The van der Waals surface area contributed by atoms with E-state index < -0.39 is 8.07 Å². The predicted octanol–water partition coefficient (Wildman–Crippen LogP) is 3.45. The van der Waals surface area contributed by atoms with Crippen molar-refractivity contribution in [3.8, 4) is 28.7 Å². The normalized spacial score (nSPS) is 10.5. The van der Waals surface area contributed by atoms with Crippen LogP contribution in [0.25, 0.3) is 11.1 Å². The number of aryl methyl sites for hydroxylation is 1. The fourth-order valence-corrected chi connectivity index (χ4v) is 2.57. The molecule has 1 heterocycles. The average molecular weight is 306 g/mol. The zero-order valence-electron chi connectivity index (χ0n) is 13.2. The van der Waals surface area contributed by atoms with E-state index in [9.17, 15) is 10.1 Å². The number of nitriles is 1. The number of rotatable bonds is 1. The number of aromatic amines is 1. The Bertz CT molecular complexity index is 871. The van der Waals surface area contributed by atoms with E-state index >= 15 is 0 Å². The van der Waals surface area contributed by atoms with Gasteiger partial charge in [0.25, 0.3) is 5.56 Å². The van der Waals surface area contributed by atoms with Crippen molar-refractivity contribution < 1.29 is 0 Å². The second-order valence-corrected chi connectivity index (χ2v) is 11.0. The molecule has 4 heteroatoms. The van der Waals surface area contributed by atoms with E-state index in [1.165, 1.54) is 0 Å². The van der Waals surface area contributed by atoms with Crippen LogP contribution in [0, 0.1) is 29.7 Å². The van der Waals surface area contributed by atoms with Gasteiger partial charge >= 0.3 is 0 Å². The van der Waals surface area contributed by atoms with Crippen molar-refractivity contribution in [2.75, 3.05) is 0 Å². The van der Waals surface area contributed by atoms with E-state index in [-0.39, 0.29) is 11.1 Å². The Balaban J connectivity index is 2.58. The highest BCUT2D eigenvalue weighted by Crippen LogP contribution is 2.22. The maximum atomic E-state index is 11.9. The average Bonchev–Trinajstić information content (AvgIpc) is 2.44. The van der Waals surface area contributed by atoms with E-state index in [0.717, 1.165) is 16.8 Å². The summed E-state index contributed by atoms with van der Waals surface area (Å²) in [6, 6.07) is 11.5. The first kappa shape index (κ1) is 15.8. The van der Waals surface area contributed by atoms with Gasteiger partial charge in [-0.2, -0.15) is 5.26 Å². The SMILES string of the molecule is Cc1cc(-c2cccc(C#C[Si](C)(C)C)c2)c(C#N)c(=O)[nH]1.